The molecule has 1 aliphatic carbocycles. The third-order valence-corrected chi connectivity index (χ3v) is 7.58. The van der Waals surface area contributed by atoms with E-state index in [9.17, 15) is 4.79 Å². The Labute approximate surface area is 222 Å². The summed E-state index contributed by atoms with van der Waals surface area (Å²) in [6.07, 6.45) is 2.95. The van der Waals surface area contributed by atoms with Crippen LogP contribution in [-0.2, 0) is 30.7 Å². The van der Waals surface area contributed by atoms with Crippen LogP contribution in [0.5, 0.6) is 5.75 Å². The van der Waals surface area contributed by atoms with E-state index in [1.54, 1.807) is 0 Å². The van der Waals surface area contributed by atoms with E-state index < -0.39 is 0 Å². The molecule has 4 aromatic rings. The summed E-state index contributed by atoms with van der Waals surface area (Å²) in [5.74, 6) is 3.38. The van der Waals surface area contributed by atoms with Crippen LogP contribution >= 0.6 is 0 Å². The molecule has 1 amide bonds. The van der Waals surface area contributed by atoms with Gasteiger partial charge in [-0.25, -0.2) is 15.0 Å². The highest BCUT2D eigenvalue weighted by molar-refractivity contribution is 5.82. The summed E-state index contributed by atoms with van der Waals surface area (Å²) in [6.45, 7) is 10.5. The summed E-state index contributed by atoms with van der Waals surface area (Å²) >= 11 is 0. The zero-order valence-electron chi connectivity index (χ0n) is 22.5. The van der Waals surface area contributed by atoms with Crippen molar-refractivity contribution in [2.24, 2.45) is 5.41 Å². The first-order chi connectivity index (χ1) is 18.2. The lowest BCUT2D eigenvalue weighted by atomic mass is 9.76. The number of carbonyl (C=O) groups excluding carboxylic acids is 1. The quantitative estimate of drug-likeness (QED) is 0.406. The SMILES string of the molecule is CC(=O)NCc1nc2c(c(N3CCOc4ccc(-c5ccc6nc(C)[nH]c6c5)cc4C3)n1)CC(C)(C)CC2. The summed E-state index contributed by atoms with van der Waals surface area (Å²) in [7, 11) is 0. The molecule has 2 aliphatic rings. The van der Waals surface area contributed by atoms with Crippen molar-refractivity contribution in [1.82, 2.24) is 25.3 Å². The first-order valence-electron chi connectivity index (χ1n) is 13.3. The van der Waals surface area contributed by atoms with Crippen molar-refractivity contribution in [2.45, 2.75) is 60.0 Å². The van der Waals surface area contributed by atoms with Gasteiger partial charge in [-0.3, -0.25) is 4.79 Å². The average Bonchev–Trinajstić information content (AvgIpc) is 3.12. The number of carbonyl (C=O) groups is 1. The number of aromatic amines is 1. The Morgan fingerprint density at radius 2 is 1.95 bits per heavy atom. The van der Waals surface area contributed by atoms with Gasteiger partial charge in [0.05, 0.1) is 24.1 Å². The second-order valence-corrected chi connectivity index (χ2v) is 11.3. The molecule has 38 heavy (non-hydrogen) atoms. The monoisotopic (exact) mass is 510 g/mol. The van der Waals surface area contributed by atoms with Crippen molar-refractivity contribution in [3.8, 4) is 16.9 Å². The summed E-state index contributed by atoms with van der Waals surface area (Å²) < 4.78 is 6.20. The minimum atomic E-state index is -0.0814. The Balaban J connectivity index is 1.37. The summed E-state index contributed by atoms with van der Waals surface area (Å²) in [4.78, 5) is 31.7. The van der Waals surface area contributed by atoms with Gasteiger partial charge in [0.15, 0.2) is 0 Å². The highest BCUT2D eigenvalue weighted by Gasteiger charge is 2.31. The number of benzene rings is 2. The van der Waals surface area contributed by atoms with Crippen molar-refractivity contribution in [2.75, 3.05) is 18.1 Å². The van der Waals surface area contributed by atoms with Crippen LogP contribution in [0.25, 0.3) is 22.2 Å². The van der Waals surface area contributed by atoms with Crippen molar-refractivity contribution in [3.05, 3.63) is 64.9 Å². The molecule has 0 bridgehead atoms. The number of anilines is 1. The molecular formula is C30H34N6O2. The van der Waals surface area contributed by atoms with E-state index in [1.165, 1.54) is 12.5 Å². The zero-order valence-corrected chi connectivity index (χ0v) is 22.5. The third kappa shape index (κ3) is 4.83. The van der Waals surface area contributed by atoms with Crippen LogP contribution in [0.15, 0.2) is 36.4 Å². The maximum atomic E-state index is 11.6. The number of nitrogens with zero attached hydrogens (tertiary/aromatic N) is 4. The smallest absolute Gasteiger partial charge is 0.217 e. The molecule has 2 N–H and O–H groups in total. The molecule has 0 atom stereocenters. The fraction of sp³-hybridized carbons (Fsp3) is 0.400. The number of aryl methyl sites for hydroxylation is 2. The van der Waals surface area contributed by atoms with E-state index >= 15 is 0 Å². The van der Waals surface area contributed by atoms with Crippen LogP contribution in [-0.4, -0.2) is 39.0 Å². The van der Waals surface area contributed by atoms with Crippen LogP contribution in [0.2, 0.25) is 0 Å². The Hall–Kier alpha value is -3.94. The molecule has 8 heteroatoms. The maximum Gasteiger partial charge on any atom is 0.217 e. The number of ether oxygens (including phenoxy) is 1. The van der Waals surface area contributed by atoms with Crippen molar-refractivity contribution >= 4 is 22.8 Å². The summed E-state index contributed by atoms with van der Waals surface area (Å²) in [6, 6.07) is 12.8. The summed E-state index contributed by atoms with van der Waals surface area (Å²) in [5, 5.41) is 2.87. The molecule has 3 heterocycles. The number of rotatable bonds is 4. The maximum absolute atomic E-state index is 11.6. The first kappa shape index (κ1) is 24.4. The van der Waals surface area contributed by atoms with E-state index in [4.69, 9.17) is 14.7 Å². The fourth-order valence-corrected chi connectivity index (χ4v) is 5.59. The zero-order chi connectivity index (χ0) is 26.4. The van der Waals surface area contributed by atoms with E-state index in [0.717, 1.165) is 76.6 Å². The molecule has 0 fully saturated rings. The first-order valence-corrected chi connectivity index (χ1v) is 13.3. The number of nitrogens with one attached hydrogen (secondary N) is 2. The predicted molar refractivity (Wildman–Crippen MR) is 148 cm³/mol. The van der Waals surface area contributed by atoms with Crippen LogP contribution in [0.4, 0.5) is 5.82 Å². The average molecular weight is 511 g/mol. The lowest BCUT2D eigenvalue weighted by molar-refractivity contribution is -0.119. The van der Waals surface area contributed by atoms with Crippen LogP contribution in [0.3, 0.4) is 0 Å². The topological polar surface area (TPSA) is 96.0 Å². The van der Waals surface area contributed by atoms with E-state index in [-0.39, 0.29) is 11.3 Å². The number of H-pyrrole nitrogens is 1. The van der Waals surface area contributed by atoms with Gasteiger partial charge in [-0.15, -0.1) is 0 Å². The second kappa shape index (κ2) is 9.42. The van der Waals surface area contributed by atoms with Crippen molar-refractivity contribution in [3.63, 3.8) is 0 Å². The van der Waals surface area contributed by atoms with Crippen molar-refractivity contribution < 1.29 is 9.53 Å². The van der Waals surface area contributed by atoms with Gasteiger partial charge in [-0.2, -0.15) is 0 Å². The minimum Gasteiger partial charge on any atom is -0.491 e. The van der Waals surface area contributed by atoms with Gasteiger partial charge in [0, 0.05) is 30.3 Å². The van der Waals surface area contributed by atoms with Gasteiger partial charge in [0.1, 0.15) is 29.8 Å². The highest BCUT2D eigenvalue weighted by atomic mass is 16.5. The molecule has 0 saturated carbocycles. The minimum absolute atomic E-state index is 0.0814. The number of imidazole rings is 1. The van der Waals surface area contributed by atoms with Gasteiger partial charge in [0.2, 0.25) is 5.91 Å². The predicted octanol–water partition coefficient (Wildman–Crippen LogP) is 4.88. The summed E-state index contributed by atoms with van der Waals surface area (Å²) in [5.41, 5.74) is 7.95. The van der Waals surface area contributed by atoms with Gasteiger partial charge >= 0.3 is 0 Å². The number of fused-ring (bicyclic) bond motifs is 3. The van der Waals surface area contributed by atoms with Gasteiger partial charge in [0.25, 0.3) is 0 Å². The molecule has 2 aromatic carbocycles. The van der Waals surface area contributed by atoms with Crippen LogP contribution < -0.4 is 15.0 Å². The molecule has 196 valence electrons. The number of hydrogen-bond donors (Lipinski definition) is 2. The molecule has 0 radical (unpaired) electrons. The Bertz CT molecular complexity index is 1540. The molecule has 8 nitrogen and oxygen atoms in total. The number of aromatic nitrogens is 4. The van der Waals surface area contributed by atoms with Crippen LogP contribution in [0, 0.1) is 12.3 Å². The van der Waals surface area contributed by atoms with E-state index in [0.29, 0.717) is 25.5 Å². The largest absolute Gasteiger partial charge is 0.491 e. The molecular weight excluding hydrogens is 476 g/mol. The Morgan fingerprint density at radius 3 is 2.79 bits per heavy atom. The third-order valence-electron chi connectivity index (χ3n) is 7.58. The highest BCUT2D eigenvalue weighted by Crippen LogP contribution is 2.39. The standard InChI is InChI=1S/C30H34N6O2/c1-18-32-25-7-5-21(14-26(25)33-18)20-6-8-27-22(13-20)17-36(11-12-38-27)29-23-15-30(3,4)10-9-24(23)34-28(35-29)16-31-19(2)37/h5-8,13-14H,9-12,15-17H2,1-4H3,(H,31,37)(H,32,33). The van der Waals surface area contributed by atoms with Gasteiger partial charge in [-0.1, -0.05) is 26.0 Å². The molecule has 2 aromatic heterocycles. The molecule has 0 unspecified atom stereocenters. The van der Waals surface area contributed by atoms with Crippen LogP contribution in [0.1, 0.15) is 55.7 Å². The second-order valence-electron chi connectivity index (χ2n) is 11.3. The van der Waals surface area contributed by atoms with Gasteiger partial charge < -0.3 is 19.9 Å². The lowest BCUT2D eigenvalue weighted by Crippen LogP contribution is -2.32. The fourth-order valence-electron chi connectivity index (χ4n) is 5.59. The van der Waals surface area contributed by atoms with E-state index in [2.05, 4.69) is 70.4 Å². The normalized spacial score (nSPS) is 16.4. The lowest BCUT2D eigenvalue weighted by Gasteiger charge is -2.34. The number of amides is 1. The van der Waals surface area contributed by atoms with E-state index in [1.807, 2.05) is 6.92 Å². The van der Waals surface area contributed by atoms with Gasteiger partial charge in [-0.05, 0) is 67.0 Å². The molecule has 0 spiro atoms. The Morgan fingerprint density at radius 1 is 1.13 bits per heavy atom. The molecule has 1 aliphatic heterocycles. The van der Waals surface area contributed by atoms with Crippen molar-refractivity contribution in [1.29, 1.82) is 0 Å². The molecule has 6 rings (SSSR count). The Kier molecular flexibility index (Phi) is 6.05. The molecule has 0 saturated heterocycles. The number of hydrogen-bond acceptors (Lipinski definition) is 6.